The molecule has 106 valence electrons. The fourth-order valence-electron chi connectivity index (χ4n) is 2.66. The molecular formula is C14H23BrN4. The summed E-state index contributed by atoms with van der Waals surface area (Å²) in [5, 5.41) is 6.61. The van der Waals surface area contributed by atoms with E-state index in [1.54, 1.807) is 6.20 Å². The van der Waals surface area contributed by atoms with Gasteiger partial charge in [-0.15, -0.1) is 0 Å². The van der Waals surface area contributed by atoms with Crippen LogP contribution in [0.2, 0.25) is 0 Å². The smallest absolute Gasteiger partial charge is 0.224 e. The quantitative estimate of drug-likeness (QED) is 0.861. The van der Waals surface area contributed by atoms with Crippen molar-refractivity contribution in [3.63, 3.8) is 0 Å². The van der Waals surface area contributed by atoms with Gasteiger partial charge in [0, 0.05) is 19.3 Å². The van der Waals surface area contributed by atoms with Gasteiger partial charge in [0.2, 0.25) is 5.95 Å². The highest BCUT2D eigenvalue weighted by atomic mass is 79.9. The zero-order chi connectivity index (χ0) is 13.7. The lowest BCUT2D eigenvalue weighted by Gasteiger charge is -2.29. The summed E-state index contributed by atoms with van der Waals surface area (Å²) in [6, 6.07) is 0. The van der Waals surface area contributed by atoms with Crippen LogP contribution in [0.15, 0.2) is 10.7 Å². The second-order valence-corrected chi connectivity index (χ2v) is 6.18. The first-order chi connectivity index (χ1) is 9.20. The Bertz CT molecular complexity index is 410. The summed E-state index contributed by atoms with van der Waals surface area (Å²) in [6.45, 7) is 6.25. The van der Waals surface area contributed by atoms with E-state index in [0.29, 0.717) is 5.95 Å². The molecule has 0 spiro atoms. The van der Waals surface area contributed by atoms with Crippen molar-refractivity contribution in [1.29, 1.82) is 0 Å². The molecule has 0 bridgehead atoms. The Morgan fingerprint density at radius 3 is 2.84 bits per heavy atom. The van der Waals surface area contributed by atoms with E-state index >= 15 is 0 Å². The lowest BCUT2D eigenvalue weighted by atomic mass is 9.80. The van der Waals surface area contributed by atoms with E-state index < -0.39 is 0 Å². The normalized spacial score (nSPS) is 23.1. The van der Waals surface area contributed by atoms with Gasteiger partial charge in [0.05, 0.1) is 4.47 Å². The number of aromatic nitrogens is 2. The molecular weight excluding hydrogens is 304 g/mol. The molecule has 4 nitrogen and oxygen atoms in total. The maximum Gasteiger partial charge on any atom is 0.224 e. The van der Waals surface area contributed by atoms with E-state index in [1.807, 2.05) is 6.92 Å². The summed E-state index contributed by atoms with van der Waals surface area (Å²) in [5.74, 6) is 3.15. The van der Waals surface area contributed by atoms with Crippen LogP contribution < -0.4 is 10.6 Å². The van der Waals surface area contributed by atoms with Crippen LogP contribution in [-0.2, 0) is 0 Å². The van der Waals surface area contributed by atoms with Gasteiger partial charge in [-0.25, -0.2) is 4.98 Å². The predicted octanol–water partition coefficient (Wildman–Crippen LogP) is 3.91. The minimum absolute atomic E-state index is 0.685. The number of nitrogens with zero attached hydrogens (tertiary/aromatic N) is 2. The van der Waals surface area contributed by atoms with Crippen molar-refractivity contribution in [3.05, 3.63) is 10.7 Å². The third-order valence-corrected chi connectivity index (χ3v) is 4.48. The van der Waals surface area contributed by atoms with Gasteiger partial charge in [-0.1, -0.05) is 26.2 Å². The van der Waals surface area contributed by atoms with Crippen LogP contribution in [-0.4, -0.2) is 23.1 Å². The summed E-state index contributed by atoms with van der Waals surface area (Å²) in [5.41, 5.74) is 0. The molecule has 5 heteroatoms. The Morgan fingerprint density at radius 2 is 2.11 bits per heavy atom. The molecule has 2 unspecified atom stereocenters. The van der Waals surface area contributed by atoms with Crippen LogP contribution in [0.3, 0.4) is 0 Å². The minimum Gasteiger partial charge on any atom is -0.369 e. The molecule has 1 heterocycles. The van der Waals surface area contributed by atoms with Gasteiger partial charge in [-0.3, -0.25) is 0 Å². The first-order valence-electron chi connectivity index (χ1n) is 7.21. The van der Waals surface area contributed by atoms with Crippen molar-refractivity contribution in [2.45, 2.75) is 39.5 Å². The SMILES string of the molecule is CCNc1ncc(Br)c(NCC2CCCCC2C)n1. The number of anilines is 2. The summed E-state index contributed by atoms with van der Waals surface area (Å²) < 4.78 is 0.928. The maximum atomic E-state index is 4.49. The Kier molecular flexibility index (Phi) is 5.43. The molecule has 2 rings (SSSR count). The Hall–Kier alpha value is -0.840. The molecule has 0 saturated heterocycles. The van der Waals surface area contributed by atoms with Gasteiger partial charge in [0.1, 0.15) is 5.82 Å². The Labute approximate surface area is 123 Å². The van der Waals surface area contributed by atoms with Crippen molar-refractivity contribution in [2.24, 2.45) is 11.8 Å². The van der Waals surface area contributed by atoms with Crippen LogP contribution in [0.4, 0.5) is 11.8 Å². The predicted molar refractivity (Wildman–Crippen MR) is 83.5 cm³/mol. The lowest BCUT2D eigenvalue weighted by molar-refractivity contribution is 0.268. The van der Waals surface area contributed by atoms with Crippen molar-refractivity contribution in [3.8, 4) is 0 Å². The summed E-state index contributed by atoms with van der Waals surface area (Å²) in [7, 11) is 0. The molecule has 1 fully saturated rings. The molecule has 1 saturated carbocycles. The molecule has 0 aromatic carbocycles. The van der Waals surface area contributed by atoms with Crippen molar-refractivity contribution in [1.82, 2.24) is 9.97 Å². The van der Waals surface area contributed by atoms with Gasteiger partial charge in [0.25, 0.3) is 0 Å². The average molecular weight is 327 g/mol. The minimum atomic E-state index is 0.685. The van der Waals surface area contributed by atoms with Crippen LogP contribution in [0.1, 0.15) is 39.5 Å². The lowest BCUT2D eigenvalue weighted by Crippen LogP contribution is -2.24. The number of halogens is 1. The van der Waals surface area contributed by atoms with Crippen molar-refractivity contribution >= 4 is 27.7 Å². The number of nitrogens with one attached hydrogen (secondary N) is 2. The van der Waals surface area contributed by atoms with E-state index in [1.165, 1.54) is 25.7 Å². The monoisotopic (exact) mass is 326 g/mol. The summed E-state index contributed by atoms with van der Waals surface area (Å²) >= 11 is 3.51. The molecule has 0 radical (unpaired) electrons. The molecule has 2 N–H and O–H groups in total. The maximum absolute atomic E-state index is 4.49. The Balaban J connectivity index is 1.96. The third kappa shape index (κ3) is 4.06. The van der Waals surface area contributed by atoms with Crippen LogP contribution in [0.25, 0.3) is 0 Å². The molecule has 1 aromatic heterocycles. The van der Waals surface area contributed by atoms with Crippen LogP contribution in [0, 0.1) is 11.8 Å². The molecule has 1 aliphatic rings. The van der Waals surface area contributed by atoms with Gasteiger partial charge in [0.15, 0.2) is 0 Å². The molecule has 0 amide bonds. The molecule has 1 aromatic rings. The molecule has 1 aliphatic carbocycles. The van der Waals surface area contributed by atoms with E-state index in [9.17, 15) is 0 Å². The highest BCUT2D eigenvalue weighted by molar-refractivity contribution is 9.10. The van der Waals surface area contributed by atoms with Crippen LogP contribution >= 0.6 is 15.9 Å². The van der Waals surface area contributed by atoms with E-state index in [0.717, 1.165) is 35.2 Å². The summed E-state index contributed by atoms with van der Waals surface area (Å²) in [4.78, 5) is 8.72. The van der Waals surface area contributed by atoms with Crippen LogP contribution in [0.5, 0.6) is 0 Å². The number of rotatable bonds is 5. The first kappa shape index (κ1) is 14.6. The van der Waals surface area contributed by atoms with E-state index in [4.69, 9.17) is 0 Å². The van der Waals surface area contributed by atoms with Gasteiger partial charge in [-0.2, -0.15) is 4.98 Å². The van der Waals surface area contributed by atoms with Gasteiger partial charge >= 0.3 is 0 Å². The molecule has 19 heavy (non-hydrogen) atoms. The Morgan fingerprint density at radius 1 is 1.32 bits per heavy atom. The second-order valence-electron chi connectivity index (χ2n) is 5.32. The first-order valence-corrected chi connectivity index (χ1v) is 8.00. The van der Waals surface area contributed by atoms with Crippen molar-refractivity contribution < 1.29 is 0 Å². The fourth-order valence-corrected chi connectivity index (χ4v) is 2.99. The van der Waals surface area contributed by atoms with E-state index in [-0.39, 0.29) is 0 Å². The third-order valence-electron chi connectivity index (χ3n) is 3.90. The number of hydrogen-bond acceptors (Lipinski definition) is 4. The zero-order valence-corrected chi connectivity index (χ0v) is 13.3. The van der Waals surface area contributed by atoms with Crippen molar-refractivity contribution in [2.75, 3.05) is 23.7 Å². The van der Waals surface area contributed by atoms with Gasteiger partial charge in [-0.05, 0) is 41.1 Å². The summed E-state index contributed by atoms with van der Waals surface area (Å²) in [6.07, 6.45) is 7.25. The number of hydrogen-bond donors (Lipinski definition) is 2. The largest absolute Gasteiger partial charge is 0.369 e. The second kappa shape index (κ2) is 7.08. The highest BCUT2D eigenvalue weighted by Crippen LogP contribution is 2.30. The zero-order valence-electron chi connectivity index (χ0n) is 11.7. The standard InChI is InChI=1S/C14H23BrN4/c1-3-16-14-18-9-12(15)13(19-14)17-8-11-7-5-4-6-10(11)2/h9-11H,3-8H2,1-2H3,(H2,16,17,18,19). The fraction of sp³-hybridized carbons (Fsp3) is 0.714. The molecule has 0 aliphatic heterocycles. The highest BCUT2D eigenvalue weighted by Gasteiger charge is 2.21. The average Bonchev–Trinajstić information content (AvgIpc) is 2.41. The van der Waals surface area contributed by atoms with E-state index in [2.05, 4.69) is 43.5 Å². The molecule has 2 atom stereocenters. The topological polar surface area (TPSA) is 49.8 Å². The van der Waals surface area contributed by atoms with Gasteiger partial charge < -0.3 is 10.6 Å².